The molecule has 24 heavy (non-hydrogen) atoms. The van der Waals surface area contributed by atoms with Crippen LogP contribution in [0.15, 0.2) is 12.1 Å². The molecule has 3 rings (SSSR count). The predicted molar refractivity (Wildman–Crippen MR) is 76.1 cm³/mol. The first-order valence-electron chi connectivity index (χ1n) is 7.34. The number of anilines is 1. The number of aromatic nitrogens is 4. The average Bonchev–Trinajstić information content (AvgIpc) is 3.11. The molecule has 0 aliphatic carbocycles. The van der Waals surface area contributed by atoms with Gasteiger partial charge in [0.2, 0.25) is 5.91 Å². The number of nitrogens with one attached hydrogen (secondary N) is 1. The number of likely N-dealkylation sites (tertiary alicyclic amines) is 1. The van der Waals surface area contributed by atoms with Gasteiger partial charge in [-0.3, -0.25) is 4.79 Å². The molecule has 1 aliphatic rings. The Hall–Kier alpha value is -2.43. The number of hydrogen-bond donors (Lipinski definition) is 2. The number of rotatable bonds is 5. The van der Waals surface area contributed by atoms with Gasteiger partial charge in [-0.05, 0) is 18.6 Å². The van der Waals surface area contributed by atoms with Crippen molar-refractivity contribution in [3.8, 4) is 0 Å². The topological polar surface area (TPSA) is 95.7 Å². The molecule has 2 aromatic heterocycles. The molecule has 1 fully saturated rings. The third-order valence-corrected chi connectivity index (χ3v) is 3.64. The van der Waals surface area contributed by atoms with E-state index in [-0.39, 0.29) is 30.5 Å². The molecule has 0 bridgehead atoms. The summed E-state index contributed by atoms with van der Waals surface area (Å²) in [7, 11) is 0. The van der Waals surface area contributed by atoms with Gasteiger partial charge in [0.25, 0.3) is 5.82 Å². The van der Waals surface area contributed by atoms with E-state index in [1.54, 1.807) is 4.90 Å². The van der Waals surface area contributed by atoms with Crippen molar-refractivity contribution in [2.24, 2.45) is 0 Å². The van der Waals surface area contributed by atoms with Crippen molar-refractivity contribution in [3.63, 3.8) is 0 Å². The standard InChI is InChI=1S/C13H15F3N6O2/c14-13(15,16)12-19-18-10-4-3-9(20-22(10)12)17-6-8(23)7-21-5-1-2-11(21)24/h3-4,8,23H,1-2,5-7H2,(H,17,20). The Morgan fingerprint density at radius 2 is 2.12 bits per heavy atom. The number of β-amino-alcohol motifs (C(OH)–C–C–N with tert-alkyl or cyclic N) is 1. The van der Waals surface area contributed by atoms with E-state index in [0.717, 1.165) is 6.42 Å². The van der Waals surface area contributed by atoms with E-state index in [4.69, 9.17) is 0 Å². The van der Waals surface area contributed by atoms with Crippen LogP contribution in [-0.2, 0) is 11.0 Å². The number of aliphatic hydroxyl groups excluding tert-OH is 1. The fourth-order valence-electron chi connectivity index (χ4n) is 2.50. The van der Waals surface area contributed by atoms with Crippen molar-refractivity contribution in [3.05, 3.63) is 18.0 Å². The minimum absolute atomic E-state index is 0.00657. The molecule has 1 saturated heterocycles. The van der Waals surface area contributed by atoms with Crippen LogP contribution in [0.5, 0.6) is 0 Å². The van der Waals surface area contributed by atoms with E-state index in [2.05, 4.69) is 20.6 Å². The summed E-state index contributed by atoms with van der Waals surface area (Å²) in [6, 6.07) is 2.78. The zero-order chi connectivity index (χ0) is 17.3. The van der Waals surface area contributed by atoms with Gasteiger partial charge in [0.1, 0.15) is 5.82 Å². The van der Waals surface area contributed by atoms with Crippen LogP contribution in [0.1, 0.15) is 18.7 Å². The van der Waals surface area contributed by atoms with Gasteiger partial charge in [0, 0.05) is 26.1 Å². The second-order valence-corrected chi connectivity index (χ2v) is 5.49. The lowest BCUT2D eigenvalue weighted by Gasteiger charge is -2.20. The van der Waals surface area contributed by atoms with Gasteiger partial charge in [-0.1, -0.05) is 0 Å². The third kappa shape index (κ3) is 3.40. The molecule has 8 nitrogen and oxygen atoms in total. The summed E-state index contributed by atoms with van der Waals surface area (Å²) in [5, 5.41) is 23.0. The molecule has 1 atom stereocenters. The van der Waals surface area contributed by atoms with E-state index in [1.165, 1.54) is 12.1 Å². The van der Waals surface area contributed by atoms with Crippen LogP contribution in [0.25, 0.3) is 5.65 Å². The van der Waals surface area contributed by atoms with Crippen LogP contribution in [0, 0.1) is 0 Å². The second kappa shape index (κ2) is 6.23. The maximum Gasteiger partial charge on any atom is 0.453 e. The number of fused-ring (bicyclic) bond motifs is 1. The van der Waals surface area contributed by atoms with E-state index in [1.807, 2.05) is 0 Å². The molecule has 0 radical (unpaired) electrons. The van der Waals surface area contributed by atoms with Crippen molar-refractivity contribution in [1.82, 2.24) is 24.7 Å². The summed E-state index contributed by atoms with van der Waals surface area (Å²) >= 11 is 0. The summed E-state index contributed by atoms with van der Waals surface area (Å²) in [6.07, 6.45) is -4.27. The van der Waals surface area contributed by atoms with Gasteiger partial charge in [-0.25, -0.2) is 0 Å². The third-order valence-electron chi connectivity index (χ3n) is 3.64. The highest BCUT2D eigenvalue weighted by atomic mass is 19.4. The first kappa shape index (κ1) is 16.4. The molecule has 11 heteroatoms. The Kier molecular flexibility index (Phi) is 4.26. The Labute approximate surface area is 134 Å². The normalized spacial score (nSPS) is 16.8. The highest BCUT2D eigenvalue weighted by Crippen LogP contribution is 2.27. The smallest absolute Gasteiger partial charge is 0.389 e. The Morgan fingerprint density at radius 1 is 1.33 bits per heavy atom. The average molecular weight is 344 g/mol. The van der Waals surface area contributed by atoms with Gasteiger partial charge >= 0.3 is 6.18 Å². The number of amides is 1. The van der Waals surface area contributed by atoms with Gasteiger partial charge in [-0.15, -0.1) is 15.3 Å². The Bertz CT molecular complexity index is 747. The lowest BCUT2D eigenvalue weighted by Crippen LogP contribution is -2.36. The number of aliphatic hydroxyl groups is 1. The molecule has 0 saturated carbocycles. The first-order chi connectivity index (χ1) is 11.3. The van der Waals surface area contributed by atoms with Crippen molar-refractivity contribution in [1.29, 1.82) is 0 Å². The summed E-state index contributed by atoms with van der Waals surface area (Å²) in [4.78, 5) is 13.1. The van der Waals surface area contributed by atoms with Gasteiger partial charge in [-0.2, -0.15) is 17.7 Å². The predicted octanol–water partition coefficient (Wildman–Crippen LogP) is 0.538. The lowest BCUT2D eigenvalue weighted by molar-refractivity contribution is -0.146. The van der Waals surface area contributed by atoms with Crippen LogP contribution >= 0.6 is 0 Å². The summed E-state index contributed by atoms with van der Waals surface area (Å²) in [6.45, 7) is 0.829. The highest BCUT2D eigenvalue weighted by molar-refractivity contribution is 5.78. The van der Waals surface area contributed by atoms with Crippen molar-refractivity contribution >= 4 is 17.4 Å². The zero-order valence-corrected chi connectivity index (χ0v) is 12.5. The molecular formula is C13H15F3N6O2. The van der Waals surface area contributed by atoms with E-state index >= 15 is 0 Å². The van der Waals surface area contributed by atoms with Gasteiger partial charge in [0.05, 0.1) is 6.10 Å². The first-order valence-corrected chi connectivity index (χ1v) is 7.34. The number of carbonyl (C=O) groups excluding carboxylic acids is 1. The van der Waals surface area contributed by atoms with E-state index < -0.39 is 18.1 Å². The number of halogens is 3. The summed E-state index contributed by atoms with van der Waals surface area (Å²) < 4.78 is 39.0. The molecule has 1 aliphatic heterocycles. The molecule has 2 N–H and O–H groups in total. The van der Waals surface area contributed by atoms with Crippen molar-refractivity contribution < 1.29 is 23.1 Å². The SMILES string of the molecule is O=C1CCCN1CC(O)CNc1ccc2nnc(C(F)(F)F)n2n1. The fraction of sp³-hybridized carbons (Fsp3) is 0.538. The van der Waals surface area contributed by atoms with Crippen molar-refractivity contribution in [2.75, 3.05) is 25.0 Å². The molecule has 0 aromatic carbocycles. The fourth-order valence-corrected chi connectivity index (χ4v) is 2.50. The Morgan fingerprint density at radius 3 is 2.79 bits per heavy atom. The molecule has 1 unspecified atom stereocenters. The maximum atomic E-state index is 12.8. The summed E-state index contributed by atoms with van der Waals surface area (Å²) in [5.41, 5.74) is -0.0314. The molecular weight excluding hydrogens is 329 g/mol. The quantitative estimate of drug-likeness (QED) is 0.822. The minimum atomic E-state index is -4.67. The highest BCUT2D eigenvalue weighted by Gasteiger charge is 2.37. The molecule has 1 amide bonds. The zero-order valence-electron chi connectivity index (χ0n) is 12.5. The molecule has 3 heterocycles. The molecule has 130 valence electrons. The Balaban J connectivity index is 1.65. The van der Waals surface area contributed by atoms with Gasteiger partial charge in [0.15, 0.2) is 5.65 Å². The van der Waals surface area contributed by atoms with Crippen LogP contribution < -0.4 is 5.32 Å². The minimum Gasteiger partial charge on any atom is -0.389 e. The number of alkyl halides is 3. The largest absolute Gasteiger partial charge is 0.453 e. The number of nitrogens with zero attached hydrogens (tertiary/aromatic N) is 5. The van der Waals surface area contributed by atoms with Crippen molar-refractivity contribution in [2.45, 2.75) is 25.1 Å². The van der Waals surface area contributed by atoms with Crippen LogP contribution in [0.2, 0.25) is 0 Å². The summed E-state index contributed by atoms with van der Waals surface area (Å²) in [5.74, 6) is -1.09. The van der Waals surface area contributed by atoms with E-state index in [9.17, 15) is 23.1 Å². The van der Waals surface area contributed by atoms with Crippen LogP contribution in [0.4, 0.5) is 19.0 Å². The lowest BCUT2D eigenvalue weighted by atomic mass is 10.3. The number of hydrogen-bond acceptors (Lipinski definition) is 6. The van der Waals surface area contributed by atoms with Crippen LogP contribution in [-0.4, -0.2) is 61.5 Å². The second-order valence-electron chi connectivity index (χ2n) is 5.49. The van der Waals surface area contributed by atoms with Crippen LogP contribution in [0.3, 0.4) is 0 Å². The monoisotopic (exact) mass is 344 g/mol. The van der Waals surface area contributed by atoms with Gasteiger partial charge < -0.3 is 15.3 Å². The molecule has 0 spiro atoms. The maximum absolute atomic E-state index is 12.8. The number of carbonyl (C=O) groups is 1. The molecule has 2 aromatic rings. The van der Waals surface area contributed by atoms with E-state index in [0.29, 0.717) is 17.5 Å².